The van der Waals surface area contributed by atoms with Crippen LogP contribution in [0.2, 0.25) is 0 Å². The van der Waals surface area contributed by atoms with Crippen molar-refractivity contribution >= 4 is 37.1 Å². The molecule has 2 saturated carbocycles. The summed E-state index contributed by atoms with van der Waals surface area (Å²) in [7, 11) is -1.20. The van der Waals surface area contributed by atoms with Crippen LogP contribution in [0.1, 0.15) is 64.2 Å². The Labute approximate surface area is 253 Å². The molecule has 0 aliphatic heterocycles. The van der Waals surface area contributed by atoms with E-state index in [0.29, 0.717) is 0 Å². The summed E-state index contributed by atoms with van der Waals surface area (Å²) in [4.78, 5) is 0. The molecule has 0 bridgehead atoms. The zero-order valence-electron chi connectivity index (χ0n) is 23.1. The van der Waals surface area contributed by atoms with Crippen LogP contribution in [0.3, 0.4) is 0 Å². The average molecular weight is 645 g/mol. The van der Waals surface area contributed by atoms with Crippen molar-refractivity contribution in [2.75, 3.05) is 0 Å². The van der Waals surface area contributed by atoms with Crippen LogP contribution in [0.15, 0.2) is 121 Å². The normalized spacial score (nSPS) is 16.3. The van der Waals surface area contributed by atoms with Crippen LogP contribution in [-0.4, -0.2) is 11.3 Å². The van der Waals surface area contributed by atoms with E-state index in [1.54, 1.807) is 21.2 Å². The molecule has 3 heteroatoms. The molecular weight excluding hydrogens is 601 g/mol. The van der Waals surface area contributed by atoms with Gasteiger partial charge in [-0.3, -0.25) is 0 Å². The van der Waals surface area contributed by atoms with Gasteiger partial charge in [-0.05, 0) is 99.9 Å². The van der Waals surface area contributed by atoms with Gasteiger partial charge in [-0.2, -0.15) is 0 Å². The molecule has 0 N–H and O–H groups in total. The summed E-state index contributed by atoms with van der Waals surface area (Å²) in [5, 5.41) is 6.35. The van der Waals surface area contributed by atoms with Crippen molar-refractivity contribution in [2.45, 2.75) is 75.5 Å². The van der Waals surface area contributed by atoms with E-state index in [2.05, 4.69) is 121 Å². The van der Waals surface area contributed by atoms with Gasteiger partial charge in [-0.25, -0.2) is 0 Å². The monoisotopic (exact) mass is 644 g/mol. The minimum atomic E-state index is -0.600. The first-order valence-corrected chi connectivity index (χ1v) is 18.0. The van der Waals surface area contributed by atoms with E-state index in [9.17, 15) is 0 Å². The zero-order valence-corrected chi connectivity index (χ0v) is 26.6. The Balaban J connectivity index is 0.000000176. The minimum absolute atomic E-state index is 0. The molecule has 4 aromatic rings. The summed E-state index contributed by atoms with van der Waals surface area (Å²) >= 11 is 0. The largest absolute Gasteiger partial charge is 0.0969 e. The third-order valence-corrected chi connectivity index (χ3v) is 15.0. The van der Waals surface area contributed by atoms with Crippen LogP contribution in [0.25, 0.3) is 0 Å². The topological polar surface area (TPSA) is 0 Å². The van der Waals surface area contributed by atoms with Gasteiger partial charge in [0.15, 0.2) is 0 Å². The van der Waals surface area contributed by atoms with Crippen LogP contribution in [0, 0.1) is 0 Å². The molecule has 0 heterocycles. The Morgan fingerprint density at radius 3 is 0.795 bits per heavy atom. The van der Waals surface area contributed by atoms with Crippen molar-refractivity contribution in [1.29, 1.82) is 0 Å². The Morgan fingerprint density at radius 1 is 0.333 bits per heavy atom. The SMILES string of the molecule is [Pd].c1ccc([PH+](c2ccccc2)C2CCCCC2)cc1.c1ccc([PH+](c2ccccc2)C2CCCCC2)cc1. The van der Waals surface area contributed by atoms with Crippen molar-refractivity contribution in [3.8, 4) is 0 Å². The molecule has 0 spiro atoms. The molecule has 2 fully saturated rings. The Morgan fingerprint density at radius 2 is 0.564 bits per heavy atom. The van der Waals surface area contributed by atoms with E-state index in [4.69, 9.17) is 0 Å². The van der Waals surface area contributed by atoms with Gasteiger partial charge in [-0.1, -0.05) is 85.6 Å². The maximum Gasteiger partial charge on any atom is 0.0969 e. The van der Waals surface area contributed by atoms with E-state index >= 15 is 0 Å². The van der Waals surface area contributed by atoms with Gasteiger partial charge in [-0.15, -0.1) is 0 Å². The minimum Gasteiger partial charge on any atom is -0.0620 e. The van der Waals surface area contributed by atoms with Crippen LogP contribution in [0.5, 0.6) is 0 Å². The van der Waals surface area contributed by atoms with E-state index in [-0.39, 0.29) is 20.4 Å². The van der Waals surface area contributed by atoms with Crippen LogP contribution in [-0.2, 0) is 20.4 Å². The second-order valence-electron chi connectivity index (χ2n) is 11.0. The summed E-state index contributed by atoms with van der Waals surface area (Å²) in [5.74, 6) is 0. The standard InChI is InChI=1S/2C18H21P.Pd/c2*1-4-10-16(11-5-1)19(17-12-6-2-7-13-17)18-14-8-3-9-15-18;/h2*1-2,4-7,10-13,18H,3,8-9,14-15H2;/p+2. The van der Waals surface area contributed by atoms with Gasteiger partial charge in [0.1, 0.15) is 0 Å². The molecule has 39 heavy (non-hydrogen) atoms. The van der Waals surface area contributed by atoms with Crippen molar-refractivity contribution in [2.24, 2.45) is 0 Å². The Kier molecular flexibility index (Phi) is 12.9. The van der Waals surface area contributed by atoms with E-state index in [1.165, 1.54) is 64.2 Å². The quantitative estimate of drug-likeness (QED) is 0.146. The molecular formula is C36H44P2Pd+2. The second-order valence-corrected chi connectivity index (χ2v) is 16.6. The predicted octanol–water partition coefficient (Wildman–Crippen LogP) is 8.37. The number of rotatable bonds is 6. The first kappa shape index (κ1) is 30.4. The molecule has 0 saturated heterocycles. The Bertz CT molecular complexity index is 996. The van der Waals surface area contributed by atoms with Crippen molar-refractivity contribution in [3.63, 3.8) is 0 Å². The molecule has 0 aromatic heterocycles. The Hall–Kier alpha value is -1.60. The predicted molar refractivity (Wildman–Crippen MR) is 175 cm³/mol. The molecule has 0 radical (unpaired) electrons. The first-order valence-electron chi connectivity index (χ1n) is 14.9. The fraction of sp³-hybridized carbons (Fsp3) is 0.333. The molecule has 206 valence electrons. The van der Waals surface area contributed by atoms with Crippen molar-refractivity contribution in [1.82, 2.24) is 0 Å². The molecule has 2 aliphatic carbocycles. The van der Waals surface area contributed by atoms with Crippen LogP contribution in [0.4, 0.5) is 0 Å². The zero-order chi connectivity index (χ0) is 25.8. The number of hydrogen-bond donors (Lipinski definition) is 0. The van der Waals surface area contributed by atoms with Gasteiger partial charge >= 0.3 is 0 Å². The average Bonchev–Trinajstić information content (AvgIpc) is 3.01. The summed E-state index contributed by atoms with van der Waals surface area (Å²) in [6, 6.07) is 44.9. The fourth-order valence-corrected chi connectivity index (χ4v) is 13.3. The molecule has 0 unspecified atom stereocenters. The third kappa shape index (κ3) is 8.69. The number of hydrogen-bond acceptors (Lipinski definition) is 0. The van der Waals surface area contributed by atoms with Gasteiger partial charge < -0.3 is 0 Å². The summed E-state index contributed by atoms with van der Waals surface area (Å²) in [6.07, 6.45) is 14.3. The van der Waals surface area contributed by atoms with Gasteiger partial charge in [0.2, 0.25) is 0 Å². The first-order chi connectivity index (χ1) is 18.9. The molecule has 0 amide bonds. The fourth-order valence-electron chi connectivity index (χ4n) is 6.53. The number of benzene rings is 4. The van der Waals surface area contributed by atoms with Gasteiger partial charge in [0.05, 0.1) is 48.4 Å². The van der Waals surface area contributed by atoms with E-state index < -0.39 is 15.8 Å². The van der Waals surface area contributed by atoms with E-state index in [0.717, 1.165) is 11.3 Å². The van der Waals surface area contributed by atoms with Crippen molar-refractivity contribution in [3.05, 3.63) is 121 Å². The van der Waals surface area contributed by atoms with E-state index in [1.807, 2.05) is 0 Å². The maximum atomic E-state index is 2.34. The smallest absolute Gasteiger partial charge is 0.0620 e. The molecule has 0 nitrogen and oxygen atoms in total. The van der Waals surface area contributed by atoms with Gasteiger partial charge in [0, 0.05) is 20.4 Å². The van der Waals surface area contributed by atoms with Gasteiger partial charge in [0.25, 0.3) is 0 Å². The summed E-state index contributed by atoms with van der Waals surface area (Å²) in [5.41, 5.74) is 1.84. The van der Waals surface area contributed by atoms with Crippen molar-refractivity contribution < 1.29 is 20.4 Å². The molecule has 2 aliphatic rings. The summed E-state index contributed by atoms with van der Waals surface area (Å²) < 4.78 is 0. The molecule has 4 aromatic carbocycles. The molecule has 0 atom stereocenters. The summed E-state index contributed by atoms with van der Waals surface area (Å²) in [6.45, 7) is 0. The third-order valence-electron chi connectivity index (χ3n) is 8.37. The van der Waals surface area contributed by atoms with Crippen LogP contribution < -0.4 is 21.2 Å². The molecule has 6 rings (SSSR count). The second kappa shape index (κ2) is 16.6. The maximum absolute atomic E-state index is 2.34. The van der Waals surface area contributed by atoms with Crippen LogP contribution >= 0.6 is 15.8 Å².